The van der Waals surface area contributed by atoms with E-state index in [-0.39, 0.29) is 0 Å². The molecule has 334 valence electrons. The van der Waals surface area contributed by atoms with Crippen molar-refractivity contribution in [3.8, 4) is 56.1 Å². The standard InChI is InChI=1S/C68H42N4/c1-3-18-43(19-4-1)48-38-49(44-20-5-2-6-21-44)40-50(39-48)67-68(70-58-31-13-12-30-57(58)69-67)54-29-15-28-53-52(54)27-16-33-59(53)72-62-35-17-34-61(66(62)56-41-46-23-7-8-24-47(46)42-64(56)72)71-60-32-14-11-26-55(60)65-51-25-10-9-22-45(51)36-37-63(65)71/h1-42H. The van der Waals surface area contributed by atoms with Gasteiger partial charge in [0, 0.05) is 38.1 Å². The van der Waals surface area contributed by atoms with Gasteiger partial charge in [-0.05, 0) is 122 Å². The van der Waals surface area contributed by atoms with Crippen molar-refractivity contribution in [3.05, 3.63) is 255 Å². The fraction of sp³-hybridized carbons (Fsp3) is 0. The lowest BCUT2D eigenvalue weighted by molar-refractivity contribution is 1.18. The van der Waals surface area contributed by atoms with Crippen molar-refractivity contribution in [2.24, 2.45) is 0 Å². The Morgan fingerprint density at radius 3 is 1.54 bits per heavy atom. The van der Waals surface area contributed by atoms with Gasteiger partial charge in [0.2, 0.25) is 0 Å². The number of hydrogen-bond donors (Lipinski definition) is 0. The first kappa shape index (κ1) is 40.3. The summed E-state index contributed by atoms with van der Waals surface area (Å²) in [5.74, 6) is 0. The van der Waals surface area contributed by atoms with Crippen LogP contribution in [0.25, 0.3) is 143 Å². The molecule has 0 amide bonds. The largest absolute Gasteiger partial charge is 0.309 e. The van der Waals surface area contributed by atoms with Crippen LogP contribution >= 0.6 is 0 Å². The number of fused-ring (bicyclic) bond motifs is 11. The Bertz CT molecular complexity index is 4620. The Kier molecular flexibility index (Phi) is 8.92. The molecule has 15 aromatic rings. The number of rotatable bonds is 6. The molecule has 72 heavy (non-hydrogen) atoms. The van der Waals surface area contributed by atoms with Gasteiger partial charge >= 0.3 is 0 Å². The Labute approximate surface area is 415 Å². The summed E-state index contributed by atoms with van der Waals surface area (Å²) in [4.78, 5) is 11.0. The van der Waals surface area contributed by atoms with Gasteiger partial charge in [0.05, 0.1) is 55.9 Å². The van der Waals surface area contributed by atoms with Crippen LogP contribution in [0.1, 0.15) is 0 Å². The average Bonchev–Trinajstić information content (AvgIpc) is 3.96. The zero-order valence-corrected chi connectivity index (χ0v) is 39.0. The summed E-state index contributed by atoms with van der Waals surface area (Å²) in [5.41, 5.74) is 16.9. The molecule has 3 heterocycles. The lowest BCUT2D eigenvalue weighted by Gasteiger charge is -2.17. The molecule has 4 heteroatoms. The smallest absolute Gasteiger partial charge is 0.0979 e. The van der Waals surface area contributed by atoms with E-state index in [1.807, 2.05) is 12.1 Å². The van der Waals surface area contributed by atoms with Crippen molar-refractivity contribution in [3.63, 3.8) is 0 Å². The van der Waals surface area contributed by atoms with Gasteiger partial charge < -0.3 is 9.13 Å². The van der Waals surface area contributed by atoms with Gasteiger partial charge in [0.15, 0.2) is 0 Å². The lowest BCUT2D eigenvalue weighted by atomic mass is 9.92. The van der Waals surface area contributed by atoms with Crippen LogP contribution < -0.4 is 0 Å². The Morgan fingerprint density at radius 2 is 0.778 bits per heavy atom. The molecule has 0 saturated carbocycles. The molecule has 0 aliphatic rings. The fourth-order valence-corrected chi connectivity index (χ4v) is 11.6. The van der Waals surface area contributed by atoms with E-state index in [0.717, 1.165) is 89.0 Å². The molecule has 0 unspecified atom stereocenters. The molecule has 0 radical (unpaired) electrons. The van der Waals surface area contributed by atoms with E-state index < -0.39 is 0 Å². The van der Waals surface area contributed by atoms with Crippen LogP contribution in [0.5, 0.6) is 0 Å². The number of benzene rings is 12. The number of hydrogen-bond acceptors (Lipinski definition) is 2. The van der Waals surface area contributed by atoms with E-state index in [1.54, 1.807) is 0 Å². The molecule has 4 nitrogen and oxygen atoms in total. The molecule has 12 aromatic carbocycles. The van der Waals surface area contributed by atoms with E-state index in [4.69, 9.17) is 9.97 Å². The van der Waals surface area contributed by atoms with Gasteiger partial charge in [-0.25, -0.2) is 9.97 Å². The van der Waals surface area contributed by atoms with E-state index in [9.17, 15) is 0 Å². The third-order valence-electron chi connectivity index (χ3n) is 14.8. The molecule has 0 aliphatic heterocycles. The Morgan fingerprint density at radius 1 is 0.250 bits per heavy atom. The van der Waals surface area contributed by atoms with Crippen LogP contribution in [0.4, 0.5) is 0 Å². The normalized spacial score (nSPS) is 11.9. The van der Waals surface area contributed by atoms with Crippen molar-refractivity contribution in [2.75, 3.05) is 0 Å². The third-order valence-corrected chi connectivity index (χ3v) is 14.8. The number of aromatic nitrogens is 4. The van der Waals surface area contributed by atoms with Gasteiger partial charge in [-0.1, -0.05) is 182 Å². The SMILES string of the molecule is c1ccc(-c2cc(-c3ccccc3)cc(-c3nc4ccccc4nc3-c3cccc4c(-n5c6cc7ccccc7cc6c6c(-n7c8ccccc8c8c9ccccc9ccc87)cccc65)cccc34)c2)cc1. The molecule has 0 spiro atoms. The third kappa shape index (κ3) is 6.19. The van der Waals surface area contributed by atoms with Crippen LogP contribution in [0.15, 0.2) is 255 Å². The van der Waals surface area contributed by atoms with Gasteiger partial charge in [0.1, 0.15) is 0 Å². The van der Waals surface area contributed by atoms with E-state index in [1.165, 1.54) is 54.1 Å². The zero-order chi connectivity index (χ0) is 47.3. The molecule has 0 N–H and O–H groups in total. The van der Waals surface area contributed by atoms with Crippen molar-refractivity contribution in [1.82, 2.24) is 19.1 Å². The van der Waals surface area contributed by atoms with Gasteiger partial charge in [-0.3, -0.25) is 0 Å². The quantitative estimate of drug-likeness (QED) is 0.167. The molecular weight excluding hydrogens is 873 g/mol. The summed E-state index contributed by atoms with van der Waals surface area (Å²) >= 11 is 0. The van der Waals surface area contributed by atoms with Crippen molar-refractivity contribution in [2.45, 2.75) is 0 Å². The molecule has 0 saturated heterocycles. The van der Waals surface area contributed by atoms with Gasteiger partial charge in [-0.15, -0.1) is 0 Å². The minimum atomic E-state index is 0.841. The summed E-state index contributed by atoms with van der Waals surface area (Å²) < 4.78 is 4.99. The Hall–Kier alpha value is -9.64. The molecule has 3 aromatic heterocycles. The monoisotopic (exact) mass is 914 g/mol. The highest BCUT2D eigenvalue weighted by atomic mass is 15.0. The summed E-state index contributed by atoms with van der Waals surface area (Å²) in [5, 5.41) is 12.1. The van der Waals surface area contributed by atoms with Gasteiger partial charge in [-0.2, -0.15) is 0 Å². The highest BCUT2D eigenvalue weighted by molar-refractivity contribution is 6.24. The molecule has 0 aliphatic carbocycles. The summed E-state index contributed by atoms with van der Waals surface area (Å²) in [6, 6.07) is 92.3. The molecule has 0 bridgehead atoms. The maximum Gasteiger partial charge on any atom is 0.0979 e. The minimum Gasteiger partial charge on any atom is -0.309 e. The molecular formula is C68H42N4. The van der Waals surface area contributed by atoms with Gasteiger partial charge in [0.25, 0.3) is 0 Å². The highest BCUT2D eigenvalue weighted by Crippen LogP contribution is 2.45. The second-order valence-electron chi connectivity index (χ2n) is 18.9. The van der Waals surface area contributed by atoms with Crippen LogP contribution in [0, 0.1) is 0 Å². The summed E-state index contributed by atoms with van der Waals surface area (Å²) in [7, 11) is 0. The predicted octanol–water partition coefficient (Wildman–Crippen LogP) is 18.0. The van der Waals surface area contributed by atoms with E-state index in [0.29, 0.717) is 0 Å². The average molecular weight is 915 g/mol. The Balaban J connectivity index is 1.00. The maximum atomic E-state index is 5.54. The summed E-state index contributed by atoms with van der Waals surface area (Å²) in [6.07, 6.45) is 0. The van der Waals surface area contributed by atoms with Crippen LogP contribution in [0.2, 0.25) is 0 Å². The lowest BCUT2D eigenvalue weighted by Crippen LogP contribution is -1.99. The first-order valence-electron chi connectivity index (χ1n) is 24.6. The molecule has 0 atom stereocenters. The zero-order valence-electron chi connectivity index (χ0n) is 39.0. The highest BCUT2D eigenvalue weighted by Gasteiger charge is 2.24. The van der Waals surface area contributed by atoms with Crippen LogP contribution in [-0.4, -0.2) is 19.1 Å². The number of nitrogens with zero attached hydrogens (tertiary/aromatic N) is 4. The number of para-hydroxylation sites is 3. The van der Waals surface area contributed by atoms with E-state index in [2.05, 4.69) is 252 Å². The topological polar surface area (TPSA) is 35.6 Å². The van der Waals surface area contributed by atoms with Crippen molar-refractivity contribution < 1.29 is 0 Å². The van der Waals surface area contributed by atoms with E-state index >= 15 is 0 Å². The maximum absolute atomic E-state index is 5.54. The van der Waals surface area contributed by atoms with Crippen LogP contribution in [0.3, 0.4) is 0 Å². The summed E-state index contributed by atoms with van der Waals surface area (Å²) in [6.45, 7) is 0. The molecule has 0 fully saturated rings. The predicted molar refractivity (Wildman–Crippen MR) is 302 cm³/mol. The second kappa shape index (κ2) is 16.0. The fourth-order valence-electron chi connectivity index (χ4n) is 11.6. The second-order valence-corrected chi connectivity index (χ2v) is 18.9. The molecule has 15 rings (SSSR count). The van der Waals surface area contributed by atoms with Crippen LogP contribution in [-0.2, 0) is 0 Å². The minimum absolute atomic E-state index is 0.841. The van der Waals surface area contributed by atoms with Crippen molar-refractivity contribution >= 4 is 87.0 Å². The first-order valence-corrected chi connectivity index (χ1v) is 24.6. The van der Waals surface area contributed by atoms with Crippen molar-refractivity contribution in [1.29, 1.82) is 0 Å². The first-order chi connectivity index (χ1) is 35.7.